The van der Waals surface area contributed by atoms with Crippen LogP contribution in [0.25, 0.3) is 86.4 Å². The minimum absolute atomic E-state index is 0.985. The molecule has 0 atom stereocenters. The van der Waals surface area contributed by atoms with Gasteiger partial charge in [0.25, 0.3) is 0 Å². The summed E-state index contributed by atoms with van der Waals surface area (Å²) >= 11 is 1.90. The number of thiophene rings is 1. The van der Waals surface area contributed by atoms with Crippen molar-refractivity contribution in [3.63, 3.8) is 0 Å². The van der Waals surface area contributed by atoms with Crippen molar-refractivity contribution in [1.82, 2.24) is 14.1 Å². The molecule has 0 bridgehead atoms. The highest BCUT2D eigenvalue weighted by Gasteiger charge is 2.19. The molecule has 4 aromatic heterocycles. The molecule has 0 aliphatic rings. The van der Waals surface area contributed by atoms with E-state index in [1.54, 1.807) is 0 Å². The van der Waals surface area contributed by atoms with Crippen LogP contribution in [0.2, 0.25) is 0 Å². The highest BCUT2D eigenvalue weighted by Crippen LogP contribution is 2.44. The second-order valence-electron chi connectivity index (χ2n) is 11.6. The molecule has 0 radical (unpaired) electrons. The zero-order valence-corrected chi connectivity index (χ0v) is 25.0. The summed E-state index contributed by atoms with van der Waals surface area (Å²) in [7, 11) is 0. The van der Waals surface area contributed by atoms with Crippen LogP contribution in [0.1, 0.15) is 0 Å². The first-order chi connectivity index (χ1) is 22.3. The SMILES string of the molecule is c1ccc(-c2ccc(-n3c4ccccc4c4c5sc6ccc(-n7c8ccccc8c8ccccc87)cc6c5ccc43)cc2)nc1. The molecule has 0 N–H and O–H groups in total. The lowest BCUT2D eigenvalue weighted by Gasteiger charge is -2.09. The minimum Gasteiger partial charge on any atom is -0.309 e. The summed E-state index contributed by atoms with van der Waals surface area (Å²) in [5.41, 5.74) is 9.35. The first-order valence-corrected chi connectivity index (χ1v) is 16.0. The van der Waals surface area contributed by atoms with Gasteiger partial charge in [-0.2, -0.15) is 0 Å². The molecule has 0 saturated carbocycles. The fourth-order valence-corrected chi connectivity index (χ4v) is 8.45. The molecule has 45 heavy (non-hydrogen) atoms. The van der Waals surface area contributed by atoms with E-state index < -0.39 is 0 Å². The molecule has 210 valence electrons. The third-order valence-electron chi connectivity index (χ3n) is 9.18. The van der Waals surface area contributed by atoms with Crippen molar-refractivity contribution in [2.24, 2.45) is 0 Å². The molecule has 0 aliphatic carbocycles. The maximum atomic E-state index is 4.54. The molecular formula is C41H25N3S. The normalized spacial score (nSPS) is 12.0. The lowest BCUT2D eigenvalue weighted by Crippen LogP contribution is -1.94. The van der Waals surface area contributed by atoms with Crippen LogP contribution in [-0.2, 0) is 0 Å². The van der Waals surface area contributed by atoms with E-state index in [4.69, 9.17) is 0 Å². The molecule has 0 saturated heterocycles. The quantitative estimate of drug-likeness (QED) is 0.200. The van der Waals surface area contributed by atoms with Crippen molar-refractivity contribution in [1.29, 1.82) is 0 Å². The van der Waals surface area contributed by atoms with Crippen LogP contribution in [0.15, 0.2) is 152 Å². The van der Waals surface area contributed by atoms with Crippen molar-refractivity contribution >= 4 is 75.1 Å². The number of para-hydroxylation sites is 3. The van der Waals surface area contributed by atoms with Gasteiger partial charge in [-0.3, -0.25) is 4.98 Å². The standard InChI is InChI=1S/C41H25N3S/c1-4-13-35-29(9-1)30-10-2-5-14-36(30)44(35)28-20-23-39-33(25-28)31-21-22-38-40(41(31)45-39)32-11-3-6-15-37(32)43(38)27-18-16-26(17-19-27)34-12-7-8-24-42-34/h1-25H. The summed E-state index contributed by atoms with van der Waals surface area (Å²) in [5, 5.41) is 7.76. The summed E-state index contributed by atoms with van der Waals surface area (Å²) in [5.74, 6) is 0. The Hall–Kier alpha value is -5.71. The van der Waals surface area contributed by atoms with Crippen LogP contribution in [0.4, 0.5) is 0 Å². The fourth-order valence-electron chi connectivity index (χ4n) is 7.21. The Morgan fingerprint density at radius 3 is 1.78 bits per heavy atom. The Kier molecular flexibility index (Phi) is 5.16. The Bertz CT molecular complexity index is 2690. The Morgan fingerprint density at radius 1 is 0.444 bits per heavy atom. The number of hydrogen-bond donors (Lipinski definition) is 0. The van der Waals surface area contributed by atoms with E-state index in [2.05, 4.69) is 148 Å². The van der Waals surface area contributed by atoms with E-state index in [1.807, 2.05) is 29.7 Å². The molecule has 0 fully saturated rings. The molecule has 4 heteroatoms. The zero-order valence-electron chi connectivity index (χ0n) is 24.2. The van der Waals surface area contributed by atoms with E-state index in [0.29, 0.717) is 0 Å². The molecule has 6 aromatic carbocycles. The predicted molar refractivity (Wildman–Crippen MR) is 191 cm³/mol. The van der Waals surface area contributed by atoms with Crippen molar-refractivity contribution in [3.8, 4) is 22.6 Å². The topological polar surface area (TPSA) is 22.8 Å². The fraction of sp³-hybridized carbons (Fsp3) is 0. The van der Waals surface area contributed by atoms with Crippen molar-refractivity contribution in [2.75, 3.05) is 0 Å². The number of hydrogen-bond acceptors (Lipinski definition) is 2. The predicted octanol–water partition coefficient (Wildman–Crippen LogP) is 11.3. The average molecular weight is 592 g/mol. The number of rotatable bonds is 3. The monoisotopic (exact) mass is 591 g/mol. The van der Waals surface area contributed by atoms with Crippen LogP contribution in [0.5, 0.6) is 0 Å². The van der Waals surface area contributed by atoms with Crippen LogP contribution in [0.3, 0.4) is 0 Å². The van der Waals surface area contributed by atoms with Gasteiger partial charge < -0.3 is 9.13 Å². The van der Waals surface area contributed by atoms with Gasteiger partial charge in [-0.05, 0) is 66.7 Å². The van der Waals surface area contributed by atoms with Crippen molar-refractivity contribution in [2.45, 2.75) is 0 Å². The maximum absolute atomic E-state index is 4.54. The maximum Gasteiger partial charge on any atom is 0.0701 e. The first kappa shape index (κ1) is 24.7. The van der Waals surface area contributed by atoms with Gasteiger partial charge in [0.1, 0.15) is 0 Å². The van der Waals surface area contributed by atoms with Gasteiger partial charge in [0.15, 0.2) is 0 Å². The number of nitrogens with zero attached hydrogens (tertiary/aromatic N) is 3. The summed E-state index contributed by atoms with van der Waals surface area (Å²) in [6.07, 6.45) is 1.85. The van der Waals surface area contributed by atoms with E-state index in [9.17, 15) is 0 Å². The largest absolute Gasteiger partial charge is 0.309 e. The molecule has 0 spiro atoms. The minimum atomic E-state index is 0.985. The molecule has 0 amide bonds. The third-order valence-corrected chi connectivity index (χ3v) is 10.4. The third kappa shape index (κ3) is 3.54. The van der Waals surface area contributed by atoms with Gasteiger partial charge in [-0.1, -0.05) is 78.9 Å². The van der Waals surface area contributed by atoms with Gasteiger partial charge >= 0.3 is 0 Å². The molecular weight excluding hydrogens is 567 g/mol. The molecule has 0 unspecified atom stereocenters. The van der Waals surface area contributed by atoms with E-state index >= 15 is 0 Å². The van der Waals surface area contributed by atoms with E-state index in [1.165, 1.54) is 69.5 Å². The van der Waals surface area contributed by atoms with Crippen LogP contribution >= 0.6 is 11.3 Å². The number of aromatic nitrogens is 3. The number of pyridine rings is 1. The zero-order chi connectivity index (χ0) is 29.5. The summed E-state index contributed by atoms with van der Waals surface area (Å²) < 4.78 is 7.45. The molecule has 10 rings (SSSR count). The number of fused-ring (bicyclic) bond motifs is 10. The van der Waals surface area contributed by atoms with Gasteiger partial charge in [0, 0.05) is 64.9 Å². The Balaban J connectivity index is 1.20. The Labute approximate surface area is 262 Å². The van der Waals surface area contributed by atoms with Crippen molar-refractivity contribution in [3.05, 3.63) is 152 Å². The van der Waals surface area contributed by atoms with Gasteiger partial charge in [0.2, 0.25) is 0 Å². The molecule has 0 aliphatic heterocycles. The van der Waals surface area contributed by atoms with Gasteiger partial charge in [-0.15, -0.1) is 11.3 Å². The van der Waals surface area contributed by atoms with Crippen LogP contribution in [0, 0.1) is 0 Å². The summed E-state index contributed by atoms with van der Waals surface area (Å²) in [6.45, 7) is 0. The molecule has 4 heterocycles. The molecule has 10 aromatic rings. The average Bonchev–Trinajstić information content (AvgIpc) is 3.76. The molecule has 3 nitrogen and oxygen atoms in total. The summed E-state index contributed by atoms with van der Waals surface area (Å²) in [4.78, 5) is 4.54. The van der Waals surface area contributed by atoms with Crippen molar-refractivity contribution < 1.29 is 0 Å². The lowest BCUT2D eigenvalue weighted by molar-refractivity contribution is 1.18. The second-order valence-corrected chi connectivity index (χ2v) is 12.7. The Morgan fingerprint density at radius 2 is 1.07 bits per heavy atom. The lowest BCUT2D eigenvalue weighted by atomic mass is 10.1. The summed E-state index contributed by atoms with van der Waals surface area (Å²) in [6, 6.07) is 52.7. The van der Waals surface area contributed by atoms with E-state index in [-0.39, 0.29) is 0 Å². The van der Waals surface area contributed by atoms with Crippen LogP contribution in [-0.4, -0.2) is 14.1 Å². The highest BCUT2D eigenvalue weighted by atomic mass is 32.1. The van der Waals surface area contributed by atoms with E-state index in [0.717, 1.165) is 16.9 Å². The number of benzene rings is 6. The highest BCUT2D eigenvalue weighted by molar-refractivity contribution is 7.26. The van der Waals surface area contributed by atoms with Crippen LogP contribution < -0.4 is 0 Å². The van der Waals surface area contributed by atoms with Gasteiger partial charge in [0.05, 0.1) is 27.8 Å². The van der Waals surface area contributed by atoms with Gasteiger partial charge in [-0.25, -0.2) is 0 Å². The smallest absolute Gasteiger partial charge is 0.0701 e. The first-order valence-electron chi connectivity index (χ1n) is 15.2. The second kappa shape index (κ2) is 9.39.